The van der Waals surface area contributed by atoms with Gasteiger partial charge in [-0.25, -0.2) is 13.4 Å². The molecule has 4 aliphatic rings. The number of nitrogens with zero attached hydrogens (tertiary/aromatic N) is 3. The number of alkyl halides is 3. The summed E-state index contributed by atoms with van der Waals surface area (Å²) in [5.74, 6) is -2.68. The summed E-state index contributed by atoms with van der Waals surface area (Å²) in [4.78, 5) is 67.3. The molecule has 0 radical (unpaired) electrons. The van der Waals surface area contributed by atoms with E-state index in [-0.39, 0.29) is 72.8 Å². The summed E-state index contributed by atoms with van der Waals surface area (Å²) in [5, 5.41) is 2.59. The second-order valence-electron chi connectivity index (χ2n) is 17.7. The first kappa shape index (κ1) is 44.1. The highest BCUT2D eigenvalue weighted by atomic mass is 32.2. The second-order valence-corrected chi connectivity index (χ2v) is 19.7. The zero-order chi connectivity index (χ0) is 45.7. The molecular formula is C48H48F3N5O8S. The highest BCUT2D eigenvalue weighted by Crippen LogP contribution is 2.57. The van der Waals surface area contributed by atoms with Crippen molar-refractivity contribution in [2.75, 3.05) is 13.6 Å². The summed E-state index contributed by atoms with van der Waals surface area (Å²) in [6.07, 6.45) is 3.14. The van der Waals surface area contributed by atoms with E-state index >= 15 is 4.79 Å². The second kappa shape index (κ2) is 17.4. The zero-order valence-corrected chi connectivity index (χ0v) is 36.4. The molecule has 0 bridgehead atoms. The number of benzene rings is 3. The molecule has 9 rings (SSSR count). The summed E-state index contributed by atoms with van der Waals surface area (Å²) in [5.41, 5.74) is 0.283. The standard InChI is InChI=1S/C48H48F3N5O8S/c1-52-43(58)30-12-9-10-28(22-30)23-31-11-5-3-2-4-6-13-33-25-47(33,46(60)55-65(61,62)35-20-21-35)26-38(57)37-24-34(27-56(37)45(31)59)63-44-41-40(36-14-7-8-15-39(36)64-41)53-42(54-44)29-16-18-32(19-17-29)48(49,50)51/h6-10,12-19,22,31,33-35,37H,2-5,11,20-21,23-27H2,1H3,(H,52,58)(H,55,60)/b13-6-/t31-,33-,34-,37+,47-/m1/s1. The van der Waals surface area contributed by atoms with Gasteiger partial charge in [-0.15, -0.1) is 0 Å². The molecule has 1 saturated heterocycles. The van der Waals surface area contributed by atoms with Crippen molar-refractivity contribution in [2.24, 2.45) is 17.3 Å². The zero-order valence-electron chi connectivity index (χ0n) is 35.6. The molecule has 2 saturated carbocycles. The molecule has 340 valence electrons. The minimum atomic E-state index is -4.56. The van der Waals surface area contributed by atoms with Crippen LogP contribution in [0.25, 0.3) is 33.5 Å². The first-order valence-corrected chi connectivity index (χ1v) is 23.6. The number of fused-ring (bicyclic) bond motifs is 5. The summed E-state index contributed by atoms with van der Waals surface area (Å²) in [6, 6.07) is 17.5. The number of rotatable bonds is 9. The molecule has 3 aromatic carbocycles. The highest BCUT2D eigenvalue weighted by molar-refractivity contribution is 7.90. The van der Waals surface area contributed by atoms with Crippen molar-refractivity contribution in [2.45, 2.75) is 94.2 Å². The molecule has 0 unspecified atom stereocenters. The average Bonchev–Trinajstić information content (AvgIpc) is 4.19. The summed E-state index contributed by atoms with van der Waals surface area (Å²) in [7, 11) is -2.38. The van der Waals surface area contributed by atoms with E-state index in [2.05, 4.69) is 15.0 Å². The molecule has 65 heavy (non-hydrogen) atoms. The number of nitrogens with one attached hydrogen (secondary N) is 2. The van der Waals surface area contributed by atoms with Crippen LogP contribution < -0.4 is 14.8 Å². The molecule has 13 nitrogen and oxygen atoms in total. The lowest BCUT2D eigenvalue weighted by molar-refractivity contribution is -0.142. The van der Waals surface area contributed by atoms with Crippen molar-refractivity contribution < 1.29 is 49.9 Å². The SMILES string of the molecule is CNC(=O)c1cccc(C[C@H]2CCCCC/C=C\[C@@H]3C[C@@]3(C(=O)NS(=O)(=O)C3CC3)CC(=O)[C@@H]3C[C@@H](Oc4nc(-c5ccc(C(F)(F)F)cc5)nc5c4oc4ccccc45)CN3C2=O)c1. The van der Waals surface area contributed by atoms with Gasteiger partial charge in [-0.3, -0.25) is 23.9 Å². The monoisotopic (exact) mass is 911 g/mol. The minimum absolute atomic E-state index is 0.0106. The Hall–Kier alpha value is -6.10. The van der Waals surface area contributed by atoms with E-state index in [9.17, 15) is 36.0 Å². The van der Waals surface area contributed by atoms with Crippen LogP contribution in [-0.4, -0.2) is 77.8 Å². The smallest absolute Gasteiger partial charge is 0.416 e. The molecule has 2 aliphatic heterocycles. The first-order chi connectivity index (χ1) is 31.1. The number of sulfonamides is 1. The molecule has 2 aliphatic carbocycles. The van der Waals surface area contributed by atoms with Crippen LogP contribution in [-0.2, 0) is 37.0 Å². The van der Waals surface area contributed by atoms with E-state index in [1.165, 1.54) is 24.1 Å². The maximum absolute atomic E-state index is 15.1. The Labute approximate surface area is 373 Å². The van der Waals surface area contributed by atoms with Gasteiger partial charge >= 0.3 is 6.18 Å². The third kappa shape index (κ3) is 9.11. The quantitative estimate of drug-likeness (QED) is 0.139. The van der Waals surface area contributed by atoms with Crippen molar-refractivity contribution in [1.82, 2.24) is 24.9 Å². The number of ether oxygens (including phenoxy) is 1. The molecule has 5 atom stereocenters. The van der Waals surface area contributed by atoms with E-state index in [0.717, 1.165) is 30.5 Å². The average molecular weight is 912 g/mol. The third-order valence-electron chi connectivity index (χ3n) is 13.2. The van der Waals surface area contributed by atoms with Gasteiger partial charge in [0.1, 0.15) is 17.2 Å². The Balaban J connectivity index is 1.08. The van der Waals surface area contributed by atoms with Gasteiger partial charge in [-0.1, -0.05) is 61.4 Å². The number of Topliss-reactive ketones (excluding diaryl/α,β-unsaturated/α-hetero) is 1. The van der Waals surface area contributed by atoms with Crippen molar-refractivity contribution in [1.29, 1.82) is 0 Å². The third-order valence-corrected chi connectivity index (χ3v) is 15.0. The molecule has 0 spiro atoms. The fourth-order valence-corrected chi connectivity index (χ4v) is 10.7. The van der Waals surface area contributed by atoms with Crippen molar-refractivity contribution in [3.05, 3.63) is 102 Å². The summed E-state index contributed by atoms with van der Waals surface area (Å²) >= 11 is 0. The lowest BCUT2D eigenvalue weighted by Gasteiger charge is -2.29. The topological polar surface area (TPSA) is 178 Å². The number of hydrogen-bond donors (Lipinski definition) is 2. The van der Waals surface area contributed by atoms with Gasteiger partial charge < -0.3 is 19.4 Å². The number of furan rings is 1. The maximum Gasteiger partial charge on any atom is 0.416 e. The Kier molecular flexibility index (Phi) is 11.8. The Morgan fingerprint density at radius 1 is 0.969 bits per heavy atom. The Morgan fingerprint density at radius 3 is 2.51 bits per heavy atom. The van der Waals surface area contributed by atoms with Gasteiger partial charge in [-0.05, 0) is 92.8 Å². The van der Waals surface area contributed by atoms with E-state index in [1.54, 1.807) is 42.5 Å². The summed E-state index contributed by atoms with van der Waals surface area (Å²) < 4.78 is 81.7. The number of carbonyl (C=O) groups excluding carboxylic acids is 4. The number of hydrogen-bond acceptors (Lipinski definition) is 10. The van der Waals surface area contributed by atoms with E-state index in [4.69, 9.17) is 14.1 Å². The van der Waals surface area contributed by atoms with Crippen LogP contribution in [0, 0.1) is 17.3 Å². The van der Waals surface area contributed by atoms with Crippen molar-refractivity contribution >= 4 is 55.6 Å². The predicted molar refractivity (Wildman–Crippen MR) is 234 cm³/mol. The Morgan fingerprint density at radius 2 is 1.75 bits per heavy atom. The van der Waals surface area contributed by atoms with Crippen LogP contribution in [0.1, 0.15) is 85.7 Å². The van der Waals surface area contributed by atoms with Gasteiger partial charge in [0.25, 0.3) is 11.8 Å². The summed E-state index contributed by atoms with van der Waals surface area (Å²) in [6.45, 7) is -0.0655. The normalized spacial score (nSPS) is 24.7. The molecular weight excluding hydrogens is 864 g/mol. The number of allylic oxidation sites excluding steroid dienone is 2. The molecule has 5 aromatic rings. The number of carbonyl (C=O) groups is 4. The molecule has 4 heterocycles. The van der Waals surface area contributed by atoms with Gasteiger partial charge in [-0.2, -0.15) is 18.2 Å². The van der Waals surface area contributed by atoms with Crippen molar-refractivity contribution in [3.63, 3.8) is 0 Å². The number of halogens is 3. The lowest BCUT2D eigenvalue weighted by atomic mass is 9.89. The fourth-order valence-electron chi connectivity index (χ4n) is 9.33. The van der Waals surface area contributed by atoms with Crippen LogP contribution in [0.2, 0.25) is 0 Å². The van der Waals surface area contributed by atoms with Crippen LogP contribution >= 0.6 is 0 Å². The molecule has 2 aromatic heterocycles. The van der Waals surface area contributed by atoms with Crippen LogP contribution in [0.4, 0.5) is 13.2 Å². The van der Waals surface area contributed by atoms with Crippen LogP contribution in [0.15, 0.2) is 89.4 Å². The number of para-hydroxylation sites is 1. The van der Waals surface area contributed by atoms with E-state index in [1.807, 2.05) is 18.2 Å². The minimum Gasteiger partial charge on any atom is -0.470 e. The predicted octanol–water partition coefficient (Wildman–Crippen LogP) is 7.72. The first-order valence-electron chi connectivity index (χ1n) is 22.0. The van der Waals surface area contributed by atoms with E-state index < -0.39 is 62.2 Å². The van der Waals surface area contributed by atoms with Crippen LogP contribution in [0.5, 0.6) is 5.88 Å². The highest BCUT2D eigenvalue weighted by Gasteiger charge is 2.61. The molecule has 17 heteroatoms. The van der Waals surface area contributed by atoms with Crippen molar-refractivity contribution in [3.8, 4) is 17.3 Å². The van der Waals surface area contributed by atoms with Gasteiger partial charge in [0.05, 0.1) is 28.8 Å². The molecule has 2 N–H and O–H groups in total. The lowest BCUT2D eigenvalue weighted by Crippen LogP contribution is -2.46. The number of aromatic nitrogens is 2. The Bertz CT molecular complexity index is 2820. The van der Waals surface area contributed by atoms with Gasteiger partial charge in [0.15, 0.2) is 11.6 Å². The van der Waals surface area contributed by atoms with Gasteiger partial charge in [0, 0.05) is 42.3 Å². The number of amides is 3. The maximum atomic E-state index is 15.1. The van der Waals surface area contributed by atoms with E-state index in [0.29, 0.717) is 54.2 Å². The molecule has 3 amide bonds. The largest absolute Gasteiger partial charge is 0.470 e. The van der Waals surface area contributed by atoms with Gasteiger partial charge in [0.2, 0.25) is 27.4 Å². The molecule has 3 fully saturated rings. The fraction of sp³-hybridized carbons (Fsp3) is 0.417. The van der Waals surface area contributed by atoms with Crippen LogP contribution in [0.3, 0.4) is 0 Å². The number of ketones is 1.